The summed E-state index contributed by atoms with van der Waals surface area (Å²) in [5.74, 6) is 0. The molecule has 22 heavy (non-hydrogen) atoms. The molecule has 0 unspecified atom stereocenters. The second kappa shape index (κ2) is 6.45. The van der Waals surface area contributed by atoms with Gasteiger partial charge in [0.1, 0.15) is 0 Å². The number of piperidine rings is 1. The van der Waals surface area contributed by atoms with E-state index in [1.54, 1.807) is 4.31 Å². The molecule has 2 saturated heterocycles. The third-order valence-electron chi connectivity index (χ3n) is 4.40. The highest BCUT2D eigenvalue weighted by molar-refractivity contribution is 7.88. The van der Waals surface area contributed by atoms with E-state index in [4.69, 9.17) is 16.3 Å². The van der Waals surface area contributed by atoms with Gasteiger partial charge in [-0.25, -0.2) is 8.42 Å². The molecule has 2 fully saturated rings. The molecule has 122 valence electrons. The van der Waals surface area contributed by atoms with Crippen LogP contribution in [0.15, 0.2) is 24.3 Å². The van der Waals surface area contributed by atoms with Gasteiger partial charge in [-0.05, 0) is 18.1 Å². The Hall–Kier alpha value is -0.660. The molecule has 2 heterocycles. The van der Waals surface area contributed by atoms with Crippen molar-refractivity contribution in [3.63, 3.8) is 0 Å². The lowest BCUT2D eigenvalue weighted by molar-refractivity contribution is -0.0768. The Morgan fingerprint density at radius 1 is 1.32 bits per heavy atom. The normalized spacial score (nSPS) is 27.5. The second-order valence-electron chi connectivity index (χ2n) is 5.97. The Bertz CT molecular complexity index is 637. The number of sulfonamides is 1. The van der Waals surface area contributed by atoms with Crippen molar-refractivity contribution in [1.29, 1.82) is 0 Å². The van der Waals surface area contributed by atoms with Crippen LogP contribution < -0.4 is 0 Å². The van der Waals surface area contributed by atoms with Crippen molar-refractivity contribution in [3.8, 4) is 0 Å². The summed E-state index contributed by atoms with van der Waals surface area (Å²) < 4.78 is 31.3. The first kappa shape index (κ1) is 16.2. The minimum absolute atomic E-state index is 0.00553. The number of benzene rings is 1. The number of hydrogen-bond donors (Lipinski definition) is 0. The average molecular weight is 345 g/mol. The first-order valence-corrected chi connectivity index (χ1v) is 9.72. The van der Waals surface area contributed by atoms with Crippen LogP contribution in [0.25, 0.3) is 0 Å². The van der Waals surface area contributed by atoms with Gasteiger partial charge in [-0.1, -0.05) is 29.8 Å². The number of hydrogen-bond acceptors (Lipinski definition) is 4. The first-order valence-electron chi connectivity index (χ1n) is 7.49. The Morgan fingerprint density at radius 2 is 2.09 bits per heavy atom. The van der Waals surface area contributed by atoms with Gasteiger partial charge in [-0.15, -0.1) is 0 Å². The van der Waals surface area contributed by atoms with Gasteiger partial charge in [0.15, 0.2) is 0 Å². The summed E-state index contributed by atoms with van der Waals surface area (Å²) >= 11 is 6.22. The van der Waals surface area contributed by atoms with E-state index in [-0.39, 0.29) is 12.1 Å². The van der Waals surface area contributed by atoms with Gasteiger partial charge in [-0.2, -0.15) is 4.31 Å². The van der Waals surface area contributed by atoms with Gasteiger partial charge in [0, 0.05) is 31.2 Å². The van der Waals surface area contributed by atoms with E-state index in [1.165, 1.54) is 6.26 Å². The van der Waals surface area contributed by atoms with E-state index in [0.717, 1.165) is 30.1 Å². The van der Waals surface area contributed by atoms with E-state index < -0.39 is 10.0 Å². The van der Waals surface area contributed by atoms with Crippen molar-refractivity contribution in [3.05, 3.63) is 34.9 Å². The van der Waals surface area contributed by atoms with Gasteiger partial charge in [0.25, 0.3) is 0 Å². The fraction of sp³-hybridized carbons (Fsp3) is 0.600. The highest BCUT2D eigenvalue weighted by atomic mass is 35.5. The molecule has 0 aromatic heterocycles. The predicted molar refractivity (Wildman–Crippen MR) is 86.4 cm³/mol. The number of halogens is 1. The summed E-state index contributed by atoms with van der Waals surface area (Å²) in [6.45, 7) is 3.24. The Kier molecular flexibility index (Phi) is 4.75. The number of likely N-dealkylation sites (tertiary alicyclic amines) is 1. The SMILES string of the molecule is CS(=O)(=O)N1CCO[C@H]2CCN(Cc3ccccc3Cl)C[C@@H]21. The molecule has 0 amide bonds. The Labute approximate surface area is 136 Å². The van der Waals surface area contributed by atoms with Gasteiger partial charge in [0.05, 0.1) is 25.0 Å². The highest BCUT2D eigenvalue weighted by Gasteiger charge is 2.40. The minimum atomic E-state index is -3.20. The number of morpholine rings is 1. The van der Waals surface area contributed by atoms with E-state index in [0.29, 0.717) is 19.7 Å². The quantitative estimate of drug-likeness (QED) is 0.835. The van der Waals surface area contributed by atoms with Crippen LogP contribution in [0.3, 0.4) is 0 Å². The van der Waals surface area contributed by atoms with E-state index >= 15 is 0 Å². The molecule has 2 aliphatic heterocycles. The first-order chi connectivity index (χ1) is 10.4. The van der Waals surface area contributed by atoms with Crippen molar-refractivity contribution in [2.75, 3.05) is 32.5 Å². The molecule has 1 aromatic rings. The zero-order valence-electron chi connectivity index (χ0n) is 12.6. The third-order valence-corrected chi connectivity index (χ3v) is 6.07. The molecule has 0 spiro atoms. The standard InChI is InChI=1S/C15H21ClN2O3S/c1-22(19,20)18-8-9-21-15-6-7-17(11-14(15)18)10-12-4-2-3-5-13(12)16/h2-5,14-15H,6-11H2,1H3/t14-,15-/m0/s1. The summed E-state index contributed by atoms with van der Waals surface area (Å²) in [6, 6.07) is 7.69. The zero-order chi connectivity index (χ0) is 15.7. The molecule has 5 nitrogen and oxygen atoms in total. The van der Waals surface area contributed by atoms with Crippen molar-refractivity contribution < 1.29 is 13.2 Å². The Morgan fingerprint density at radius 3 is 2.82 bits per heavy atom. The van der Waals surface area contributed by atoms with Crippen LogP contribution in [0.4, 0.5) is 0 Å². The van der Waals surface area contributed by atoms with Gasteiger partial charge < -0.3 is 4.74 Å². The van der Waals surface area contributed by atoms with E-state index in [2.05, 4.69) is 4.90 Å². The highest BCUT2D eigenvalue weighted by Crippen LogP contribution is 2.27. The second-order valence-corrected chi connectivity index (χ2v) is 8.31. The zero-order valence-corrected chi connectivity index (χ0v) is 14.2. The maximum absolute atomic E-state index is 12.0. The summed E-state index contributed by atoms with van der Waals surface area (Å²) in [7, 11) is -3.20. The summed E-state index contributed by atoms with van der Waals surface area (Å²) in [6.07, 6.45) is 2.13. The van der Waals surface area contributed by atoms with Crippen LogP contribution in [0, 0.1) is 0 Å². The summed E-state index contributed by atoms with van der Waals surface area (Å²) in [5, 5.41) is 0.754. The largest absolute Gasteiger partial charge is 0.375 e. The van der Waals surface area contributed by atoms with Gasteiger partial charge in [0.2, 0.25) is 10.0 Å². The van der Waals surface area contributed by atoms with Gasteiger partial charge >= 0.3 is 0 Å². The van der Waals surface area contributed by atoms with Gasteiger partial charge in [-0.3, -0.25) is 4.90 Å². The molecule has 2 aliphatic rings. The monoisotopic (exact) mass is 344 g/mol. The van der Waals surface area contributed by atoms with Crippen molar-refractivity contribution in [2.24, 2.45) is 0 Å². The molecule has 1 aromatic carbocycles. The number of rotatable bonds is 3. The maximum atomic E-state index is 12.0. The third kappa shape index (κ3) is 3.46. The van der Waals surface area contributed by atoms with Crippen LogP contribution in [0.5, 0.6) is 0 Å². The topological polar surface area (TPSA) is 49.9 Å². The van der Waals surface area contributed by atoms with Crippen molar-refractivity contribution >= 4 is 21.6 Å². The lowest BCUT2D eigenvalue weighted by Crippen LogP contribution is -2.60. The molecular weight excluding hydrogens is 324 g/mol. The molecule has 0 saturated carbocycles. The average Bonchev–Trinajstić information content (AvgIpc) is 2.48. The van der Waals surface area contributed by atoms with Crippen molar-refractivity contribution in [2.45, 2.75) is 25.1 Å². The van der Waals surface area contributed by atoms with Crippen LogP contribution in [0.2, 0.25) is 5.02 Å². The minimum Gasteiger partial charge on any atom is -0.375 e. The fourth-order valence-corrected chi connectivity index (χ4v) is 4.63. The fourth-order valence-electron chi connectivity index (χ4n) is 3.33. The smallest absolute Gasteiger partial charge is 0.211 e. The van der Waals surface area contributed by atoms with Crippen molar-refractivity contribution in [1.82, 2.24) is 9.21 Å². The number of ether oxygens (including phenoxy) is 1. The number of fused-ring (bicyclic) bond motifs is 1. The van der Waals surface area contributed by atoms with Crippen LogP contribution in [-0.2, 0) is 21.3 Å². The van der Waals surface area contributed by atoms with E-state index in [1.807, 2.05) is 24.3 Å². The van der Waals surface area contributed by atoms with E-state index in [9.17, 15) is 8.42 Å². The lowest BCUT2D eigenvalue weighted by Gasteiger charge is -2.45. The molecule has 3 rings (SSSR count). The molecule has 7 heteroatoms. The molecule has 0 N–H and O–H groups in total. The lowest BCUT2D eigenvalue weighted by atomic mass is 10.00. The molecule has 2 atom stereocenters. The molecule has 0 radical (unpaired) electrons. The molecule has 0 aliphatic carbocycles. The predicted octanol–water partition coefficient (Wildman–Crippen LogP) is 1.57. The summed E-state index contributed by atoms with van der Waals surface area (Å²) in [4.78, 5) is 2.26. The van der Waals surface area contributed by atoms with Crippen LogP contribution >= 0.6 is 11.6 Å². The maximum Gasteiger partial charge on any atom is 0.211 e. The summed E-state index contributed by atoms with van der Waals surface area (Å²) in [5.41, 5.74) is 1.07. The Balaban J connectivity index is 1.74. The molecule has 0 bridgehead atoms. The van der Waals surface area contributed by atoms with Crippen LogP contribution in [0.1, 0.15) is 12.0 Å². The molecular formula is C15H21ClN2O3S. The van der Waals surface area contributed by atoms with Crippen LogP contribution in [-0.4, -0.2) is 62.3 Å². The number of nitrogens with zero attached hydrogens (tertiary/aromatic N) is 2.